The fraction of sp³-hybridized carbons (Fsp3) is 0.333. The Kier molecular flexibility index (Phi) is 7.73. The van der Waals surface area contributed by atoms with E-state index in [-0.39, 0.29) is 4.90 Å². The molecule has 200 valence electrons. The van der Waals surface area contributed by atoms with Crippen LogP contribution in [0, 0.1) is 0 Å². The summed E-state index contributed by atoms with van der Waals surface area (Å²) in [5.41, 5.74) is 4.77. The van der Waals surface area contributed by atoms with Gasteiger partial charge in [-0.1, -0.05) is 24.3 Å². The van der Waals surface area contributed by atoms with Gasteiger partial charge in [-0.2, -0.15) is 4.98 Å². The number of piperazine rings is 1. The van der Waals surface area contributed by atoms with Gasteiger partial charge in [0.15, 0.2) is 0 Å². The van der Waals surface area contributed by atoms with Crippen molar-refractivity contribution < 1.29 is 8.42 Å². The minimum absolute atomic E-state index is 0.258. The van der Waals surface area contributed by atoms with Gasteiger partial charge in [0, 0.05) is 64.3 Å². The summed E-state index contributed by atoms with van der Waals surface area (Å²) < 4.78 is 26.1. The van der Waals surface area contributed by atoms with E-state index >= 15 is 0 Å². The zero-order chi connectivity index (χ0) is 26.9. The van der Waals surface area contributed by atoms with Crippen LogP contribution in [-0.4, -0.2) is 91.1 Å². The third-order valence-electron chi connectivity index (χ3n) is 6.85. The van der Waals surface area contributed by atoms with Crippen molar-refractivity contribution in [1.82, 2.24) is 29.1 Å². The Bertz CT molecular complexity index is 1510. The maximum Gasteiger partial charge on any atom is 0.242 e. The van der Waals surface area contributed by atoms with Crippen molar-refractivity contribution in [2.45, 2.75) is 16.5 Å². The van der Waals surface area contributed by atoms with E-state index in [1.807, 2.05) is 24.6 Å². The summed E-state index contributed by atoms with van der Waals surface area (Å²) in [5, 5.41) is 5.09. The van der Waals surface area contributed by atoms with Gasteiger partial charge < -0.3 is 15.2 Å². The van der Waals surface area contributed by atoms with Crippen molar-refractivity contribution in [3.05, 3.63) is 60.3 Å². The number of hydrogen-bond donors (Lipinski definition) is 2. The van der Waals surface area contributed by atoms with Crippen molar-refractivity contribution in [3.8, 4) is 11.1 Å². The van der Waals surface area contributed by atoms with E-state index in [1.54, 1.807) is 23.9 Å². The highest BCUT2D eigenvalue weighted by Gasteiger charge is 2.19. The van der Waals surface area contributed by atoms with Gasteiger partial charge in [0.25, 0.3) is 0 Å². The lowest BCUT2D eigenvalue weighted by molar-refractivity contribution is 0.148. The molecule has 0 bridgehead atoms. The highest BCUT2D eigenvalue weighted by molar-refractivity contribution is 7.98. The van der Waals surface area contributed by atoms with E-state index in [0.29, 0.717) is 5.95 Å². The maximum atomic E-state index is 12.4. The number of rotatable bonds is 8. The van der Waals surface area contributed by atoms with Gasteiger partial charge in [-0.3, -0.25) is 4.90 Å². The lowest BCUT2D eigenvalue weighted by Gasteiger charge is -2.32. The van der Waals surface area contributed by atoms with Crippen LogP contribution in [0.5, 0.6) is 0 Å². The Hall–Kier alpha value is -2.96. The predicted octanol–water partition coefficient (Wildman–Crippen LogP) is 4.09. The highest BCUT2D eigenvalue weighted by atomic mass is 32.2. The normalized spacial score (nSPS) is 15.4. The highest BCUT2D eigenvalue weighted by Crippen LogP contribution is 2.35. The summed E-state index contributed by atoms with van der Waals surface area (Å²) in [5.74, 6) is 0.523. The fourth-order valence-corrected chi connectivity index (χ4v) is 6.03. The third kappa shape index (κ3) is 5.57. The molecule has 1 fully saturated rings. The Morgan fingerprint density at radius 2 is 1.68 bits per heavy atom. The van der Waals surface area contributed by atoms with E-state index in [0.717, 1.165) is 65.6 Å². The molecule has 2 aromatic heterocycles. The number of likely N-dealkylation sites (N-methyl/N-ethyl adjacent to an activating group) is 1. The molecule has 38 heavy (non-hydrogen) atoms. The largest absolute Gasteiger partial charge is 0.345 e. The van der Waals surface area contributed by atoms with E-state index in [4.69, 9.17) is 9.97 Å². The van der Waals surface area contributed by atoms with Gasteiger partial charge in [-0.15, -0.1) is 11.8 Å². The zero-order valence-electron chi connectivity index (χ0n) is 22.1. The number of nitrogens with one attached hydrogen (secondary N) is 2. The van der Waals surface area contributed by atoms with Crippen molar-refractivity contribution >= 4 is 44.5 Å². The van der Waals surface area contributed by atoms with Crippen LogP contribution in [-0.2, 0) is 16.6 Å². The van der Waals surface area contributed by atoms with Crippen LogP contribution in [0.25, 0.3) is 22.2 Å². The molecular formula is C27H33N7O2S2. The molecule has 3 heterocycles. The molecule has 0 saturated carbocycles. The smallest absolute Gasteiger partial charge is 0.242 e. The number of fused-ring (bicyclic) bond motifs is 1. The lowest BCUT2D eigenvalue weighted by atomic mass is 10.1. The third-order valence-corrected chi connectivity index (χ3v) is 9.36. The molecule has 0 unspecified atom stereocenters. The van der Waals surface area contributed by atoms with Gasteiger partial charge in [0.1, 0.15) is 10.7 Å². The van der Waals surface area contributed by atoms with Crippen LogP contribution in [0.4, 0.5) is 11.6 Å². The molecule has 9 nitrogen and oxygen atoms in total. The molecule has 0 atom stereocenters. The minimum Gasteiger partial charge on any atom is -0.345 e. The summed E-state index contributed by atoms with van der Waals surface area (Å²) in [6.07, 6.45) is 3.88. The summed E-state index contributed by atoms with van der Waals surface area (Å²) in [6, 6.07) is 15.3. The van der Waals surface area contributed by atoms with Crippen LogP contribution in [0.1, 0.15) is 5.56 Å². The monoisotopic (exact) mass is 551 g/mol. The number of anilines is 2. The van der Waals surface area contributed by atoms with Crippen LogP contribution >= 0.6 is 11.8 Å². The fourth-order valence-electron chi connectivity index (χ4n) is 4.54. The number of benzene rings is 2. The number of sulfonamides is 1. The number of thioether (sulfide) groups is 1. The van der Waals surface area contributed by atoms with Crippen LogP contribution < -0.4 is 5.32 Å². The Morgan fingerprint density at radius 1 is 1.00 bits per heavy atom. The molecule has 1 saturated heterocycles. The lowest BCUT2D eigenvalue weighted by Crippen LogP contribution is -2.43. The molecule has 0 aliphatic carbocycles. The van der Waals surface area contributed by atoms with Crippen LogP contribution in [0.15, 0.2) is 64.6 Å². The van der Waals surface area contributed by atoms with Crippen molar-refractivity contribution in [3.63, 3.8) is 0 Å². The maximum absolute atomic E-state index is 12.4. The molecule has 11 heteroatoms. The molecule has 4 aromatic rings. The first kappa shape index (κ1) is 26.6. The number of H-pyrrole nitrogens is 1. The molecule has 5 rings (SSSR count). The molecule has 0 radical (unpaired) electrons. The Balaban J connectivity index is 1.35. The summed E-state index contributed by atoms with van der Waals surface area (Å²) in [6.45, 7) is 5.38. The summed E-state index contributed by atoms with van der Waals surface area (Å²) in [4.78, 5) is 17.9. The van der Waals surface area contributed by atoms with Gasteiger partial charge in [0.05, 0.1) is 10.3 Å². The van der Waals surface area contributed by atoms with Crippen molar-refractivity contribution in [1.29, 1.82) is 0 Å². The number of aromatic amines is 1. The standard InChI is InChI=1S/C27H33N7O2S2/c1-32(2)38(35,36)22-11-7-20(8-12-22)23-17-28-25-24(23)26(37-4)31-27(30-25)29-21-9-5-19(6-10-21)18-34-15-13-33(3)14-16-34/h5-12,17H,13-16,18H2,1-4H3,(H2,28,29,30,31). The van der Waals surface area contributed by atoms with E-state index in [9.17, 15) is 8.42 Å². The SMILES string of the molecule is CSc1nc(Nc2ccc(CN3CCN(C)CC3)cc2)nc2[nH]cc(-c3ccc(S(=O)(=O)N(C)C)cc3)c12. The van der Waals surface area contributed by atoms with Gasteiger partial charge in [-0.05, 0) is 48.7 Å². The van der Waals surface area contributed by atoms with Crippen LogP contribution in [0.3, 0.4) is 0 Å². The average Bonchev–Trinajstić information content (AvgIpc) is 3.35. The number of hydrogen-bond acceptors (Lipinski definition) is 8. The molecule has 2 aromatic carbocycles. The first-order valence-electron chi connectivity index (χ1n) is 12.5. The number of nitrogens with zero attached hydrogens (tertiary/aromatic N) is 5. The molecule has 0 spiro atoms. The quantitative estimate of drug-likeness (QED) is 0.250. The molecule has 0 amide bonds. The first-order chi connectivity index (χ1) is 18.2. The second-order valence-corrected chi connectivity index (χ2v) is 12.6. The Labute approximate surface area is 228 Å². The second kappa shape index (κ2) is 11.0. The topological polar surface area (TPSA) is 97.5 Å². The second-order valence-electron chi connectivity index (χ2n) is 9.70. The van der Waals surface area contributed by atoms with Gasteiger partial charge in [-0.25, -0.2) is 17.7 Å². The summed E-state index contributed by atoms with van der Waals surface area (Å²) >= 11 is 1.55. The van der Waals surface area contributed by atoms with Gasteiger partial charge >= 0.3 is 0 Å². The predicted molar refractivity (Wildman–Crippen MR) is 154 cm³/mol. The molecule has 2 N–H and O–H groups in total. The van der Waals surface area contributed by atoms with E-state index in [1.165, 1.54) is 24.0 Å². The zero-order valence-corrected chi connectivity index (χ0v) is 23.7. The minimum atomic E-state index is -3.48. The average molecular weight is 552 g/mol. The summed E-state index contributed by atoms with van der Waals surface area (Å²) in [7, 11) is 1.75. The molecule has 1 aliphatic rings. The first-order valence-corrected chi connectivity index (χ1v) is 15.1. The van der Waals surface area contributed by atoms with Crippen molar-refractivity contribution in [2.75, 3.05) is 58.9 Å². The molecular weight excluding hydrogens is 518 g/mol. The van der Waals surface area contributed by atoms with Crippen LogP contribution in [0.2, 0.25) is 0 Å². The molecule has 1 aliphatic heterocycles. The van der Waals surface area contributed by atoms with Crippen molar-refractivity contribution in [2.24, 2.45) is 0 Å². The van der Waals surface area contributed by atoms with Gasteiger partial charge in [0.2, 0.25) is 16.0 Å². The van der Waals surface area contributed by atoms with E-state index < -0.39 is 10.0 Å². The Morgan fingerprint density at radius 3 is 2.32 bits per heavy atom. The van der Waals surface area contributed by atoms with E-state index in [2.05, 4.69) is 51.4 Å². The number of aromatic nitrogens is 3.